The van der Waals surface area contributed by atoms with E-state index in [2.05, 4.69) is 25.8 Å². The van der Waals surface area contributed by atoms with Crippen molar-refractivity contribution in [1.82, 2.24) is 20.9 Å². The number of nitrogens with one attached hydrogen (secondary N) is 3. The highest BCUT2D eigenvalue weighted by molar-refractivity contribution is 5.56. The number of aliphatic imine (C=N–C) groups is 1. The van der Waals surface area contributed by atoms with Gasteiger partial charge in [0.15, 0.2) is 0 Å². The van der Waals surface area contributed by atoms with Crippen molar-refractivity contribution >= 4 is 6.34 Å². The molecule has 0 bridgehead atoms. The third kappa shape index (κ3) is 2.11. The van der Waals surface area contributed by atoms with Crippen LogP contribution in [0.5, 0.6) is 0 Å². The van der Waals surface area contributed by atoms with Crippen molar-refractivity contribution in [2.24, 2.45) is 10.7 Å². The number of aliphatic hydroxyl groups excluding tert-OH is 1. The fourth-order valence-electron chi connectivity index (χ4n) is 2.68. The van der Waals surface area contributed by atoms with Gasteiger partial charge in [0.1, 0.15) is 12.4 Å². The number of morpholine rings is 1. The summed E-state index contributed by atoms with van der Waals surface area (Å²) in [6.07, 6.45) is 1.28. The van der Waals surface area contributed by atoms with Crippen molar-refractivity contribution in [3.05, 3.63) is 0 Å². The standard InChI is InChI=1S/C10H20N6O2/c11-9-8-10(14-4-13-9)16(5-15-8)7-2-12-1-6(3-17)18-7/h4,6-10,12,15,17H,1-3,5,11H2,(H,13,14)/t6-,7+,8?,9?,10?/m0/s1. The number of fused-ring (bicyclic) bond motifs is 1. The molecule has 3 aliphatic rings. The maximum absolute atomic E-state index is 9.17. The molecule has 6 N–H and O–H groups in total. The molecular weight excluding hydrogens is 236 g/mol. The van der Waals surface area contributed by atoms with Crippen molar-refractivity contribution in [1.29, 1.82) is 0 Å². The first-order chi connectivity index (χ1) is 8.79. The van der Waals surface area contributed by atoms with E-state index in [1.54, 1.807) is 6.34 Å². The molecule has 0 spiro atoms. The maximum Gasteiger partial charge on any atom is 0.126 e. The first-order valence-corrected chi connectivity index (χ1v) is 6.29. The van der Waals surface area contributed by atoms with E-state index in [0.29, 0.717) is 13.2 Å². The van der Waals surface area contributed by atoms with E-state index < -0.39 is 0 Å². The van der Waals surface area contributed by atoms with E-state index in [-0.39, 0.29) is 37.3 Å². The van der Waals surface area contributed by atoms with E-state index in [1.807, 2.05) is 0 Å². The summed E-state index contributed by atoms with van der Waals surface area (Å²) in [5.74, 6) is 0. The predicted molar refractivity (Wildman–Crippen MR) is 65.6 cm³/mol. The third-order valence-electron chi connectivity index (χ3n) is 3.67. The molecule has 8 nitrogen and oxygen atoms in total. The molecule has 0 aromatic heterocycles. The van der Waals surface area contributed by atoms with E-state index in [4.69, 9.17) is 15.6 Å². The molecule has 102 valence electrons. The number of hydrogen-bond acceptors (Lipinski definition) is 8. The van der Waals surface area contributed by atoms with Crippen LogP contribution < -0.4 is 21.7 Å². The first kappa shape index (κ1) is 12.3. The topological polar surface area (TPSA) is 107 Å². The SMILES string of the molecule is NC1NC=NC2C1NCN2[C@H]1CNC[C@@H](CO)O1. The van der Waals surface area contributed by atoms with Crippen molar-refractivity contribution in [3.8, 4) is 0 Å². The van der Waals surface area contributed by atoms with Crippen LogP contribution in [0.4, 0.5) is 0 Å². The van der Waals surface area contributed by atoms with Crippen LogP contribution in [-0.2, 0) is 4.74 Å². The minimum atomic E-state index is -0.151. The highest BCUT2D eigenvalue weighted by Crippen LogP contribution is 2.21. The van der Waals surface area contributed by atoms with Crippen molar-refractivity contribution in [2.45, 2.75) is 30.7 Å². The number of ether oxygens (including phenoxy) is 1. The zero-order chi connectivity index (χ0) is 12.5. The molecule has 0 aromatic rings. The highest BCUT2D eigenvalue weighted by Gasteiger charge is 2.43. The van der Waals surface area contributed by atoms with Crippen molar-refractivity contribution < 1.29 is 9.84 Å². The lowest BCUT2D eigenvalue weighted by Crippen LogP contribution is -2.60. The van der Waals surface area contributed by atoms with Crippen molar-refractivity contribution in [3.63, 3.8) is 0 Å². The molecule has 0 amide bonds. The Morgan fingerprint density at radius 1 is 1.50 bits per heavy atom. The Hall–Kier alpha value is -0.770. The lowest BCUT2D eigenvalue weighted by atomic mass is 10.1. The van der Waals surface area contributed by atoms with Gasteiger partial charge in [-0.2, -0.15) is 0 Å². The van der Waals surface area contributed by atoms with Crippen LogP contribution in [0.2, 0.25) is 0 Å². The summed E-state index contributed by atoms with van der Waals surface area (Å²) in [6.45, 7) is 2.14. The number of hydrogen-bond donors (Lipinski definition) is 5. The average Bonchev–Trinajstić information content (AvgIpc) is 2.84. The first-order valence-electron chi connectivity index (χ1n) is 6.29. The smallest absolute Gasteiger partial charge is 0.126 e. The summed E-state index contributed by atoms with van der Waals surface area (Å²) >= 11 is 0. The van der Waals surface area contributed by atoms with Crippen LogP contribution in [-0.4, -0.2) is 73.4 Å². The molecule has 5 atom stereocenters. The van der Waals surface area contributed by atoms with Crippen LogP contribution in [0, 0.1) is 0 Å². The zero-order valence-electron chi connectivity index (χ0n) is 10.1. The predicted octanol–water partition coefficient (Wildman–Crippen LogP) is -3.23. The van der Waals surface area contributed by atoms with Gasteiger partial charge in [-0.25, -0.2) is 4.90 Å². The average molecular weight is 256 g/mol. The monoisotopic (exact) mass is 256 g/mol. The van der Waals surface area contributed by atoms with Gasteiger partial charge in [0.25, 0.3) is 0 Å². The summed E-state index contributed by atoms with van der Waals surface area (Å²) in [6, 6.07) is 0.0908. The molecule has 3 heterocycles. The Kier molecular flexibility index (Phi) is 3.46. The van der Waals surface area contributed by atoms with Gasteiger partial charge in [0.05, 0.1) is 37.9 Å². The number of nitrogens with zero attached hydrogens (tertiary/aromatic N) is 2. The Morgan fingerprint density at radius 2 is 2.39 bits per heavy atom. The van der Waals surface area contributed by atoms with Gasteiger partial charge in [-0.05, 0) is 0 Å². The molecule has 0 aliphatic carbocycles. The summed E-state index contributed by atoms with van der Waals surface area (Å²) < 4.78 is 5.84. The lowest BCUT2D eigenvalue weighted by molar-refractivity contribution is -0.134. The van der Waals surface area contributed by atoms with E-state index in [1.165, 1.54) is 0 Å². The summed E-state index contributed by atoms with van der Waals surface area (Å²) in [4.78, 5) is 6.56. The molecular formula is C10H20N6O2. The van der Waals surface area contributed by atoms with Crippen LogP contribution in [0.15, 0.2) is 4.99 Å². The minimum absolute atomic E-state index is 0.00880. The van der Waals surface area contributed by atoms with E-state index in [0.717, 1.165) is 6.54 Å². The lowest BCUT2D eigenvalue weighted by Gasteiger charge is -2.38. The molecule has 2 saturated heterocycles. The molecule has 18 heavy (non-hydrogen) atoms. The Labute approximate surface area is 106 Å². The van der Waals surface area contributed by atoms with Crippen LogP contribution in [0.25, 0.3) is 0 Å². The van der Waals surface area contributed by atoms with Gasteiger partial charge in [-0.15, -0.1) is 0 Å². The second kappa shape index (κ2) is 5.08. The second-order valence-electron chi connectivity index (χ2n) is 4.84. The summed E-state index contributed by atoms with van der Waals surface area (Å²) in [7, 11) is 0. The van der Waals surface area contributed by atoms with Crippen LogP contribution >= 0.6 is 0 Å². The molecule has 0 aromatic carbocycles. The molecule has 3 rings (SSSR count). The maximum atomic E-state index is 9.17. The fraction of sp³-hybridized carbons (Fsp3) is 0.900. The van der Waals surface area contributed by atoms with Gasteiger partial charge in [0.2, 0.25) is 0 Å². The molecule has 8 heteroatoms. The quantitative estimate of drug-likeness (QED) is 0.353. The van der Waals surface area contributed by atoms with Gasteiger partial charge in [0, 0.05) is 13.1 Å². The van der Waals surface area contributed by atoms with E-state index >= 15 is 0 Å². The molecule has 0 radical (unpaired) electrons. The fourth-order valence-corrected chi connectivity index (χ4v) is 2.68. The van der Waals surface area contributed by atoms with Gasteiger partial charge in [-0.1, -0.05) is 0 Å². The second-order valence-corrected chi connectivity index (χ2v) is 4.84. The van der Waals surface area contributed by atoms with Gasteiger partial charge in [-0.3, -0.25) is 10.3 Å². The normalized spacial score (nSPS) is 44.7. The van der Waals surface area contributed by atoms with E-state index in [9.17, 15) is 0 Å². The Morgan fingerprint density at radius 3 is 3.22 bits per heavy atom. The molecule has 3 unspecified atom stereocenters. The highest BCUT2D eigenvalue weighted by atomic mass is 16.5. The molecule has 3 aliphatic heterocycles. The Balaban J connectivity index is 1.69. The number of aliphatic hydroxyl groups is 1. The minimum Gasteiger partial charge on any atom is -0.394 e. The van der Waals surface area contributed by atoms with Gasteiger partial charge >= 0.3 is 0 Å². The van der Waals surface area contributed by atoms with Crippen LogP contribution in [0.1, 0.15) is 0 Å². The van der Waals surface area contributed by atoms with Gasteiger partial charge < -0.3 is 26.2 Å². The largest absolute Gasteiger partial charge is 0.394 e. The number of rotatable bonds is 2. The van der Waals surface area contributed by atoms with Crippen LogP contribution in [0.3, 0.4) is 0 Å². The summed E-state index contributed by atoms with van der Waals surface area (Å²) in [5, 5.41) is 18.8. The third-order valence-corrected chi connectivity index (χ3v) is 3.67. The van der Waals surface area contributed by atoms with Crippen molar-refractivity contribution in [2.75, 3.05) is 26.4 Å². The number of nitrogens with two attached hydrogens (primary N) is 1. The zero-order valence-corrected chi connectivity index (χ0v) is 10.1. The summed E-state index contributed by atoms with van der Waals surface area (Å²) in [5.41, 5.74) is 5.98. The Bertz CT molecular complexity index is 327. The molecule has 2 fully saturated rings. The molecule has 0 saturated carbocycles.